The highest BCUT2D eigenvalue weighted by Gasteiger charge is 2.18. The van der Waals surface area contributed by atoms with E-state index in [0.29, 0.717) is 0 Å². The largest absolute Gasteiger partial charge is 0.375 e. The van der Waals surface area contributed by atoms with Gasteiger partial charge in [0, 0.05) is 31.0 Å². The number of allylic oxidation sites excluding steroid dienone is 2. The van der Waals surface area contributed by atoms with Gasteiger partial charge >= 0.3 is 0 Å². The SMILES string of the molecule is CC(=CC1=NCCC1)N(C)C1CCCCC1. The molecule has 0 bridgehead atoms. The van der Waals surface area contributed by atoms with Crippen molar-refractivity contribution in [2.24, 2.45) is 4.99 Å². The Labute approximate surface area is 99.4 Å². The zero-order valence-corrected chi connectivity index (χ0v) is 10.7. The van der Waals surface area contributed by atoms with Gasteiger partial charge in [0.25, 0.3) is 0 Å². The van der Waals surface area contributed by atoms with Crippen LogP contribution in [0.15, 0.2) is 16.8 Å². The summed E-state index contributed by atoms with van der Waals surface area (Å²) < 4.78 is 0. The highest BCUT2D eigenvalue weighted by atomic mass is 15.1. The summed E-state index contributed by atoms with van der Waals surface area (Å²) in [6.07, 6.45) is 11.7. The molecule has 1 aliphatic heterocycles. The highest BCUT2D eigenvalue weighted by Crippen LogP contribution is 2.24. The molecule has 0 unspecified atom stereocenters. The molecule has 0 radical (unpaired) electrons. The van der Waals surface area contributed by atoms with Crippen LogP contribution in [0.2, 0.25) is 0 Å². The van der Waals surface area contributed by atoms with Crippen molar-refractivity contribution in [2.45, 2.75) is 57.9 Å². The lowest BCUT2D eigenvalue weighted by Crippen LogP contribution is -2.32. The van der Waals surface area contributed by atoms with Crippen molar-refractivity contribution in [1.82, 2.24) is 4.90 Å². The Hall–Kier alpha value is -0.790. The van der Waals surface area contributed by atoms with E-state index < -0.39 is 0 Å². The maximum absolute atomic E-state index is 4.52. The molecule has 0 amide bonds. The van der Waals surface area contributed by atoms with Gasteiger partial charge in [-0.1, -0.05) is 19.3 Å². The topological polar surface area (TPSA) is 15.6 Å². The predicted molar refractivity (Wildman–Crippen MR) is 69.9 cm³/mol. The summed E-state index contributed by atoms with van der Waals surface area (Å²) in [5, 5.41) is 0. The Balaban J connectivity index is 1.94. The van der Waals surface area contributed by atoms with E-state index in [4.69, 9.17) is 0 Å². The molecule has 2 heteroatoms. The van der Waals surface area contributed by atoms with Gasteiger partial charge in [0.2, 0.25) is 0 Å². The van der Waals surface area contributed by atoms with E-state index in [-0.39, 0.29) is 0 Å². The van der Waals surface area contributed by atoms with Crippen LogP contribution in [0.25, 0.3) is 0 Å². The second kappa shape index (κ2) is 5.51. The minimum atomic E-state index is 0.770. The van der Waals surface area contributed by atoms with Crippen LogP contribution >= 0.6 is 0 Å². The number of hydrogen-bond acceptors (Lipinski definition) is 2. The van der Waals surface area contributed by atoms with Crippen molar-refractivity contribution >= 4 is 5.71 Å². The Morgan fingerprint density at radius 1 is 1.25 bits per heavy atom. The minimum Gasteiger partial charge on any atom is -0.375 e. The van der Waals surface area contributed by atoms with Gasteiger partial charge in [0.1, 0.15) is 0 Å². The zero-order chi connectivity index (χ0) is 11.4. The quantitative estimate of drug-likeness (QED) is 0.712. The molecular weight excluding hydrogens is 196 g/mol. The molecular formula is C14H24N2. The standard InChI is InChI=1S/C14H24N2/c1-12(11-13-7-6-10-15-13)16(2)14-8-4-3-5-9-14/h11,14H,3-10H2,1-2H3. The molecule has 2 nitrogen and oxygen atoms in total. The average molecular weight is 220 g/mol. The van der Waals surface area contributed by atoms with Gasteiger partial charge in [-0.05, 0) is 38.7 Å². The van der Waals surface area contributed by atoms with E-state index >= 15 is 0 Å². The fraction of sp³-hybridized carbons (Fsp3) is 0.786. The van der Waals surface area contributed by atoms with E-state index in [2.05, 4.69) is 29.9 Å². The molecule has 90 valence electrons. The van der Waals surface area contributed by atoms with Crippen LogP contribution in [-0.4, -0.2) is 30.2 Å². The summed E-state index contributed by atoms with van der Waals surface area (Å²) in [6.45, 7) is 3.27. The Morgan fingerprint density at radius 2 is 2.00 bits per heavy atom. The number of aliphatic imine (C=N–C) groups is 1. The molecule has 0 aromatic heterocycles. The van der Waals surface area contributed by atoms with Crippen LogP contribution in [0.3, 0.4) is 0 Å². The smallest absolute Gasteiger partial charge is 0.0396 e. The van der Waals surface area contributed by atoms with E-state index in [0.717, 1.165) is 12.6 Å². The molecule has 1 saturated carbocycles. The molecule has 0 atom stereocenters. The van der Waals surface area contributed by atoms with Gasteiger partial charge in [0.15, 0.2) is 0 Å². The van der Waals surface area contributed by atoms with Crippen molar-refractivity contribution in [3.05, 3.63) is 11.8 Å². The maximum atomic E-state index is 4.52. The lowest BCUT2D eigenvalue weighted by molar-refractivity contribution is 0.237. The van der Waals surface area contributed by atoms with E-state index in [1.807, 2.05) is 0 Å². The molecule has 16 heavy (non-hydrogen) atoms. The molecule has 1 heterocycles. The number of hydrogen-bond donors (Lipinski definition) is 0. The molecule has 0 aromatic carbocycles. The van der Waals surface area contributed by atoms with Crippen molar-refractivity contribution < 1.29 is 0 Å². The third-order valence-corrected chi connectivity index (χ3v) is 3.96. The van der Waals surface area contributed by atoms with E-state index in [1.54, 1.807) is 0 Å². The molecule has 1 aliphatic carbocycles. The fourth-order valence-electron chi connectivity index (χ4n) is 2.78. The summed E-state index contributed by atoms with van der Waals surface area (Å²) >= 11 is 0. The Kier molecular flexibility index (Phi) is 4.03. The first-order valence-corrected chi connectivity index (χ1v) is 6.72. The predicted octanol–water partition coefficient (Wildman–Crippen LogP) is 3.39. The lowest BCUT2D eigenvalue weighted by Gasteiger charge is -2.33. The minimum absolute atomic E-state index is 0.770. The Morgan fingerprint density at radius 3 is 2.62 bits per heavy atom. The van der Waals surface area contributed by atoms with E-state index in [9.17, 15) is 0 Å². The Bertz CT molecular complexity index is 285. The highest BCUT2D eigenvalue weighted by molar-refractivity contribution is 5.96. The second-order valence-electron chi connectivity index (χ2n) is 5.17. The van der Waals surface area contributed by atoms with Gasteiger partial charge in [0.05, 0.1) is 0 Å². The van der Waals surface area contributed by atoms with Crippen molar-refractivity contribution in [2.75, 3.05) is 13.6 Å². The van der Waals surface area contributed by atoms with Crippen molar-refractivity contribution in [3.8, 4) is 0 Å². The van der Waals surface area contributed by atoms with Crippen LogP contribution < -0.4 is 0 Å². The van der Waals surface area contributed by atoms with Crippen LogP contribution in [0, 0.1) is 0 Å². The van der Waals surface area contributed by atoms with Crippen molar-refractivity contribution in [3.63, 3.8) is 0 Å². The summed E-state index contributed by atoms with van der Waals surface area (Å²) in [5.74, 6) is 0. The van der Waals surface area contributed by atoms with Crippen LogP contribution in [0.4, 0.5) is 0 Å². The average Bonchev–Trinajstić information content (AvgIpc) is 2.82. The lowest BCUT2D eigenvalue weighted by atomic mass is 9.94. The molecule has 2 rings (SSSR count). The number of rotatable bonds is 3. The molecule has 0 spiro atoms. The fourth-order valence-corrected chi connectivity index (χ4v) is 2.78. The first-order chi connectivity index (χ1) is 7.77. The molecule has 0 aromatic rings. The van der Waals surface area contributed by atoms with E-state index in [1.165, 1.54) is 56.4 Å². The summed E-state index contributed by atoms with van der Waals surface area (Å²) in [6, 6.07) is 0.770. The third kappa shape index (κ3) is 2.87. The van der Waals surface area contributed by atoms with Crippen molar-refractivity contribution in [1.29, 1.82) is 0 Å². The molecule has 0 N–H and O–H groups in total. The second-order valence-corrected chi connectivity index (χ2v) is 5.17. The summed E-state index contributed by atoms with van der Waals surface area (Å²) in [7, 11) is 2.25. The van der Waals surface area contributed by atoms with Gasteiger partial charge < -0.3 is 4.90 Å². The zero-order valence-electron chi connectivity index (χ0n) is 10.7. The maximum Gasteiger partial charge on any atom is 0.0396 e. The monoisotopic (exact) mass is 220 g/mol. The van der Waals surface area contributed by atoms with Gasteiger partial charge in [-0.2, -0.15) is 0 Å². The first kappa shape index (κ1) is 11.7. The van der Waals surface area contributed by atoms with Crippen LogP contribution in [0.5, 0.6) is 0 Å². The summed E-state index contributed by atoms with van der Waals surface area (Å²) in [4.78, 5) is 6.99. The molecule has 1 fully saturated rings. The van der Waals surface area contributed by atoms with Crippen LogP contribution in [0.1, 0.15) is 51.9 Å². The van der Waals surface area contributed by atoms with Gasteiger partial charge in [-0.25, -0.2) is 0 Å². The number of nitrogens with zero attached hydrogens (tertiary/aromatic N) is 2. The third-order valence-electron chi connectivity index (χ3n) is 3.96. The molecule has 2 aliphatic rings. The summed E-state index contributed by atoms with van der Waals surface area (Å²) in [5.41, 5.74) is 2.70. The first-order valence-electron chi connectivity index (χ1n) is 6.72. The van der Waals surface area contributed by atoms with Crippen LogP contribution in [-0.2, 0) is 0 Å². The van der Waals surface area contributed by atoms with Gasteiger partial charge in [-0.15, -0.1) is 0 Å². The molecule has 0 saturated heterocycles. The van der Waals surface area contributed by atoms with Gasteiger partial charge in [-0.3, -0.25) is 4.99 Å². The normalized spacial score (nSPS) is 23.4.